The van der Waals surface area contributed by atoms with E-state index >= 15 is 0 Å². The zero-order chi connectivity index (χ0) is 12.1. The van der Waals surface area contributed by atoms with Crippen LogP contribution < -0.4 is 0 Å². The van der Waals surface area contributed by atoms with E-state index in [9.17, 15) is 0 Å². The molecular weight excluding hydrogens is 212 g/mol. The van der Waals surface area contributed by atoms with Crippen molar-refractivity contribution in [2.24, 2.45) is 5.92 Å². The maximum Gasteiger partial charge on any atom is -0.0145 e. The number of rotatable bonds is 4. The van der Waals surface area contributed by atoms with Crippen molar-refractivity contribution in [3.63, 3.8) is 0 Å². The molecule has 0 spiro atoms. The highest BCUT2D eigenvalue weighted by atomic mass is 32.1. The number of allylic oxidation sites excluding steroid dienone is 2. The first-order valence-corrected chi connectivity index (χ1v) is 6.13. The van der Waals surface area contributed by atoms with Gasteiger partial charge in [-0.2, -0.15) is 12.6 Å². The lowest BCUT2D eigenvalue weighted by Crippen LogP contribution is -2.02. The summed E-state index contributed by atoms with van der Waals surface area (Å²) >= 11 is 4.20. The Labute approximate surface area is 104 Å². The fraction of sp³-hybridized carbons (Fsp3) is 0.333. The molecule has 0 N–H and O–H groups in total. The molecule has 1 unspecified atom stereocenters. The van der Waals surface area contributed by atoms with Crippen LogP contribution in [0.15, 0.2) is 41.8 Å². The van der Waals surface area contributed by atoms with Gasteiger partial charge in [-0.05, 0) is 53.9 Å². The van der Waals surface area contributed by atoms with Crippen LogP contribution in [0.3, 0.4) is 0 Å². The summed E-state index contributed by atoms with van der Waals surface area (Å²) in [4.78, 5) is 0. The summed E-state index contributed by atoms with van der Waals surface area (Å²) in [6.45, 7) is 10.3. The van der Waals surface area contributed by atoms with Gasteiger partial charge in [0.05, 0.1) is 0 Å². The number of hydrogen-bond donors (Lipinski definition) is 1. The molecule has 0 bridgehead atoms. The largest absolute Gasteiger partial charge is 0.151 e. The predicted octanol–water partition coefficient (Wildman–Crippen LogP) is 4.48. The van der Waals surface area contributed by atoms with Gasteiger partial charge in [-0.1, -0.05) is 37.8 Å². The van der Waals surface area contributed by atoms with Gasteiger partial charge >= 0.3 is 0 Å². The highest BCUT2D eigenvalue weighted by molar-refractivity contribution is 7.83. The maximum absolute atomic E-state index is 4.20. The van der Waals surface area contributed by atoms with Gasteiger partial charge in [0.15, 0.2) is 0 Å². The molecule has 1 aromatic rings. The van der Waals surface area contributed by atoms with Gasteiger partial charge in [-0.25, -0.2) is 0 Å². The van der Waals surface area contributed by atoms with Crippen LogP contribution >= 0.6 is 12.6 Å². The van der Waals surface area contributed by atoms with Crippen LogP contribution in [-0.4, -0.2) is 0 Å². The minimum atomic E-state index is 0.470. The van der Waals surface area contributed by atoms with Crippen molar-refractivity contribution in [1.29, 1.82) is 0 Å². The van der Waals surface area contributed by atoms with Crippen molar-refractivity contribution in [2.45, 2.75) is 27.2 Å². The second kappa shape index (κ2) is 5.95. The van der Waals surface area contributed by atoms with Crippen LogP contribution in [0, 0.1) is 19.8 Å². The van der Waals surface area contributed by atoms with Crippen molar-refractivity contribution < 1.29 is 0 Å². The number of benzene rings is 1. The molecular formula is C15H20S. The highest BCUT2D eigenvalue weighted by Crippen LogP contribution is 2.20. The lowest BCUT2D eigenvalue weighted by molar-refractivity contribution is 0.695. The van der Waals surface area contributed by atoms with E-state index in [4.69, 9.17) is 0 Å². The predicted molar refractivity (Wildman–Crippen MR) is 76.1 cm³/mol. The average Bonchev–Trinajstić information content (AvgIpc) is 2.25. The highest BCUT2D eigenvalue weighted by Gasteiger charge is 2.07. The van der Waals surface area contributed by atoms with Crippen LogP contribution in [-0.2, 0) is 6.42 Å². The molecule has 0 radical (unpaired) electrons. The Morgan fingerprint density at radius 2 is 2.06 bits per heavy atom. The molecule has 0 saturated carbocycles. The Morgan fingerprint density at radius 1 is 1.38 bits per heavy atom. The quantitative estimate of drug-likeness (QED) is 0.574. The van der Waals surface area contributed by atoms with E-state index in [0.717, 1.165) is 6.42 Å². The second-order valence-corrected chi connectivity index (χ2v) is 4.62. The lowest BCUT2D eigenvalue weighted by atomic mass is 9.93. The third-order valence-corrected chi connectivity index (χ3v) is 3.37. The molecule has 0 aliphatic heterocycles. The van der Waals surface area contributed by atoms with E-state index in [-0.39, 0.29) is 0 Å². The minimum Gasteiger partial charge on any atom is -0.151 e. The van der Waals surface area contributed by atoms with Gasteiger partial charge in [-0.15, -0.1) is 0 Å². The Bertz CT molecular complexity index is 402. The van der Waals surface area contributed by atoms with Crippen LogP contribution in [0.1, 0.15) is 23.6 Å². The summed E-state index contributed by atoms with van der Waals surface area (Å²) in [6.07, 6.45) is 2.93. The number of thiol groups is 1. The zero-order valence-electron chi connectivity index (χ0n) is 10.3. The molecule has 0 saturated heterocycles. The zero-order valence-corrected chi connectivity index (χ0v) is 11.2. The molecule has 1 heteroatoms. The Balaban J connectivity index is 2.80. The van der Waals surface area contributed by atoms with Gasteiger partial charge < -0.3 is 0 Å². The van der Waals surface area contributed by atoms with E-state index in [1.807, 2.05) is 11.5 Å². The van der Waals surface area contributed by atoms with Gasteiger partial charge in [0, 0.05) is 0 Å². The fourth-order valence-corrected chi connectivity index (χ4v) is 2.14. The van der Waals surface area contributed by atoms with Crippen LogP contribution in [0.25, 0.3) is 0 Å². The van der Waals surface area contributed by atoms with Crippen molar-refractivity contribution in [1.82, 2.24) is 0 Å². The third-order valence-electron chi connectivity index (χ3n) is 3.07. The second-order valence-electron chi connectivity index (χ2n) is 4.36. The van der Waals surface area contributed by atoms with Crippen molar-refractivity contribution in [2.75, 3.05) is 0 Å². The average molecular weight is 232 g/mol. The monoisotopic (exact) mass is 232 g/mol. The van der Waals surface area contributed by atoms with Gasteiger partial charge in [0.2, 0.25) is 0 Å². The first-order chi connectivity index (χ1) is 7.58. The molecule has 0 aromatic heterocycles. The molecule has 1 rings (SSSR count). The van der Waals surface area contributed by atoms with Gasteiger partial charge in [-0.3, -0.25) is 0 Å². The fourth-order valence-electron chi connectivity index (χ4n) is 1.78. The molecule has 0 nitrogen and oxygen atoms in total. The summed E-state index contributed by atoms with van der Waals surface area (Å²) < 4.78 is 0. The normalized spacial score (nSPS) is 13.6. The lowest BCUT2D eigenvalue weighted by Gasteiger charge is -2.13. The first kappa shape index (κ1) is 13.1. The number of aryl methyl sites for hydroxylation is 2. The topological polar surface area (TPSA) is 0 Å². The Kier molecular flexibility index (Phi) is 4.88. The van der Waals surface area contributed by atoms with Crippen LogP contribution in [0.4, 0.5) is 0 Å². The molecule has 16 heavy (non-hydrogen) atoms. The first-order valence-electron chi connectivity index (χ1n) is 5.61. The molecule has 0 fully saturated rings. The van der Waals surface area contributed by atoms with Crippen molar-refractivity contribution in [3.8, 4) is 0 Å². The minimum absolute atomic E-state index is 0.470. The molecule has 1 atom stereocenters. The summed E-state index contributed by atoms with van der Waals surface area (Å²) in [6, 6.07) is 6.67. The van der Waals surface area contributed by atoms with E-state index in [1.54, 1.807) is 0 Å². The smallest absolute Gasteiger partial charge is 0.0145 e. The Morgan fingerprint density at radius 3 is 2.56 bits per heavy atom. The molecule has 0 heterocycles. The maximum atomic E-state index is 4.20. The van der Waals surface area contributed by atoms with E-state index in [0.29, 0.717) is 5.92 Å². The summed E-state index contributed by atoms with van der Waals surface area (Å²) in [5.74, 6) is 0.470. The standard InChI is InChI=1S/C15H20S/c1-5-15(10-16)13(4)9-14-7-6-11(2)12(3)8-14/h5-8,10,13,16H,1,9H2,2-4H3/b15-10+. The number of hydrogen-bond acceptors (Lipinski definition) is 1. The third kappa shape index (κ3) is 3.28. The molecule has 0 aliphatic carbocycles. The van der Waals surface area contributed by atoms with Crippen molar-refractivity contribution >= 4 is 12.6 Å². The van der Waals surface area contributed by atoms with Crippen LogP contribution in [0.5, 0.6) is 0 Å². The van der Waals surface area contributed by atoms with Gasteiger partial charge in [0.1, 0.15) is 0 Å². The SMILES string of the molecule is C=C/C(=C\S)C(C)Cc1ccc(C)c(C)c1. The Hall–Kier alpha value is -0.950. The molecule has 86 valence electrons. The summed E-state index contributed by atoms with van der Waals surface area (Å²) in [7, 11) is 0. The molecule has 0 amide bonds. The van der Waals surface area contributed by atoms with Crippen molar-refractivity contribution in [3.05, 3.63) is 58.5 Å². The summed E-state index contributed by atoms with van der Waals surface area (Å²) in [5, 5.41) is 1.85. The summed E-state index contributed by atoms with van der Waals surface area (Å²) in [5.41, 5.74) is 5.29. The molecule has 1 aromatic carbocycles. The van der Waals surface area contributed by atoms with Gasteiger partial charge in [0.25, 0.3) is 0 Å². The van der Waals surface area contributed by atoms with E-state index < -0.39 is 0 Å². The van der Waals surface area contributed by atoms with E-state index in [1.165, 1.54) is 22.3 Å². The van der Waals surface area contributed by atoms with E-state index in [2.05, 4.69) is 58.2 Å². The van der Waals surface area contributed by atoms with Crippen LogP contribution in [0.2, 0.25) is 0 Å². The molecule has 0 aliphatic rings.